The van der Waals surface area contributed by atoms with Crippen LogP contribution in [0.5, 0.6) is 0 Å². The molecule has 17 heavy (non-hydrogen) atoms. The maximum absolute atomic E-state index is 13.2. The van der Waals surface area contributed by atoms with Crippen LogP contribution in [0.25, 0.3) is 0 Å². The number of alkyl halides is 3. The van der Waals surface area contributed by atoms with E-state index in [1.807, 2.05) is 5.32 Å². The molecule has 0 aliphatic heterocycles. The summed E-state index contributed by atoms with van der Waals surface area (Å²) >= 11 is 0. The molecule has 92 valence electrons. The van der Waals surface area contributed by atoms with Gasteiger partial charge in [-0.05, 0) is 12.1 Å². The number of nitrogens with zero attached hydrogens (tertiary/aromatic N) is 1. The fourth-order valence-corrected chi connectivity index (χ4v) is 1.14. The Morgan fingerprint density at radius 1 is 1.18 bits per heavy atom. The number of nitriles is 1. The first-order chi connectivity index (χ1) is 7.83. The van der Waals surface area contributed by atoms with Gasteiger partial charge in [-0.15, -0.1) is 0 Å². The smallest absolute Gasteiger partial charge is 0.380 e. The largest absolute Gasteiger partial charge is 0.390 e. The molecule has 0 aliphatic rings. The predicted molar refractivity (Wildman–Crippen MR) is 50.2 cm³/mol. The lowest BCUT2D eigenvalue weighted by atomic mass is 10.2. The van der Waals surface area contributed by atoms with Crippen molar-refractivity contribution in [3.05, 3.63) is 29.3 Å². The number of hydrogen-bond acceptors (Lipinski definition) is 2. The second kappa shape index (κ2) is 4.99. The van der Waals surface area contributed by atoms with Crippen molar-refractivity contribution in [1.82, 2.24) is 0 Å². The van der Waals surface area contributed by atoms with Crippen molar-refractivity contribution in [3.63, 3.8) is 0 Å². The predicted octanol–water partition coefficient (Wildman–Crippen LogP) is 3.20. The van der Waals surface area contributed by atoms with Gasteiger partial charge in [-0.3, -0.25) is 0 Å². The highest BCUT2D eigenvalue weighted by Crippen LogP contribution is 2.23. The fraction of sp³-hybridized carbons (Fsp3) is 0.300. The normalized spacial score (nSPS) is 11.1. The van der Waals surface area contributed by atoms with E-state index in [-0.39, 0.29) is 5.56 Å². The zero-order valence-corrected chi connectivity index (χ0v) is 8.41. The van der Waals surface area contributed by atoms with Crippen molar-refractivity contribution in [1.29, 1.82) is 5.26 Å². The summed E-state index contributed by atoms with van der Waals surface area (Å²) in [5.41, 5.74) is -0.894. The maximum atomic E-state index is 13.2. The zero-order chi connectivity index (χ0) is 13.1. The lowest BCUT2D eigenvalue weighted by Gasteiger charge is -2.10. The first-order valence-electron chi connectivity index (χ1n) is 4.53. The number of benzene rings is 1. The monoisotopic (exact) mass is 250 g/mol. The number of nitrogens with one attached hydrogen (secondary N) is 1. The Hall–Kier alpha value is -1.84. The van der Waals surface area contributed by atoms with Crippen molar-refractivity contribution in [2.45, 2.75) is 12.6 Å². The molecule has 0 unspecified atom stereocenters. The molecule has 1 rings (SSSR count). The van der Waals surface area contributed by atoms with E-state index in [4.69, 9.17) is 5.26 Å². The van der Waals surface area contributed by atoms with Gasteiger partial charge in [-0.2, -0.15) is 18.4 Å². The average molecular weight is 250 g/mol. The first-order valence-corrected chi connectivity index (χ1v) is 4.53. The van der Waals surface area contributed by atoms with E-state index in [0.717, 1.165) is 12.1 Å². The molecule has 1 N–H and O–H groups in total. The van der Waals surface area contributed by atoms with Gasteiger partial charge in [0.1, 0.15) is 5.69 Å². The summed E-state index contributed by atoms with van der Waals surface area (Å²) in [5, 5.41) is 10.4. The Balaban J connectivity index is 2.76. The minimum absolute atomic E-state index is 0.235. The molecule has 0 fully saturated rings. The van der Waals surface area contributed by atoms with Gasteiger partial charge in [0.2, 0.25) is 0 Å². The maximum Gasteiger partial charge on any atom is 0.390 e. The van der Waals surface area contributed by atoms with E-state index in [1.165, 1.54) is 6.07 Å². The standard InChI is InChI=1S/C10H7F5N2/c11-7-3-6(5-16)4-8(12)9(7)17-2-1-10(13,14)15/h3-4,17H,1-2H2. The van der Waals surface area contributed by atoms with E-state index in [0.29, 0.717) is 0 Å². The van der Waals surface area contributed by atoms with Crippen LogP contribution in [0.1, 0.15) is 12.0 Å². The molecule has 0 bridgehead atoms. The third-order valence-corrected chi connectivity index (χ3v) is 1.88. The summed E-state index contributed by atoms with van der Waals surface area (Å²) in [7, 11) is 0. The van der Waals surface area contributed by atoms with Crippen LogP contribution in [0.4, 0.5) is 27.6 Å². The molecule has 0 radical (unpaired) electrons. The average Bonchev–Trinajstić information content (AvgIpc) is 2.20. The molecule has 0 atom stereocenters. The van der Waals surface area contributed by atoms with E-state index in [1.54, 1.807) is 0 Å². The summed E-state index contributed by atoms with van der Waals surface area (Å²) in [5.74, 6) is -2.19. The summed E-state index contributed by atoms with van der Waals surface area (Å²) in [4.78, 5) is 0. The second-order valence-electron chi connectivity index (χ2n) is 3.22. The Morgan fingerprint density at radius 3 is 2.12 bits per heavy atom. The Kier molecular flexibility index (Phi) is 3.89. The van der Waals surface area contributed by atoms with Gasteiger partial charge in [0.15, 0.2) is 11.6 Å². The van der Waals surface area contributed by atoms with Crippen molar-refractivity contribution >= 4 is 5.69 Å². The fourth-order valence-electron chi connectivity index (χ4n) is 1.14. The van der Waals surface area contributed by atoms with Crippen LogP contribution >= 0.6 is 0 Å². The SMILES string of the molecule is N#Cc1cc(F)c(NCCC(F)(F)F)c(F)c1. The van der Waals surface area contributed by atoms with Gasteiger partial charge in [0.25, 0.3) is 0 Å². The van der Waals surface area contributed by atoms with Gasteiger partial charge in [0.05, 0.1) is 18.1 Å². The molecule has 0 spiro atoms. The summed E-state index contributed by atoms with van der Waals surface area (Å²) in [6.45, 7) is -0.636. The third kappa shape index (κ3) is 3.90. The first kappa shape index (κ1) is 13.2. The molecule has 0 aliphatic carbocycles. The van der Waals surface area contributed by atoms with Gasteiger partial charge in [-0.1, -0.05) is 0 Å². The van der Waals surface area contributed by atoms with E-state index in [9.17, 15) is 22.0 Å². The Morgan fingerprint density at radius 2 is 1.71 bits per heavy atom. The Labute approximate surface area is 93.7 Å². The van der Waals surface area contributed by atoms with Crippen molar-refractivity contribution in [3.8, 4) is 6.07 Å². The van der Waals surface area contributed by atoms with Crippen LogP contribution in [-0.2, 0) is 0 Å². The lowest BCUT2D eigenvalue weighted by Crippen LogP contribution is -2.15. The molecule has 0 aromatic heterocycles. The highest BCUT2D eigenvalue weighted by Gasteiger charge is 2.26. The van der Waals surface area contributed by atoms with Crippen LogP contribution in [-0.4, -0.2) is 12.7 Å². The number of anilines is 1. The van der Waals surface area contributed by atoms with Gasteiger partial charge in [0, 0.05) is 6.54 Å². The number of halogens is 5. The zero-order valence-electron chi connectivity index (χ0n) is 8.41. The minimum atomic E-state index is -4.40. The third-order valence-electron chi connectivity index (χ3n) is 1.88. The highest BCUT2D eigenvalue weighted by atomic mass is 19.4. The molecular formula is C10H7F5N2. The van der Waals surface area contributed by atoms with Crippen LogP contribution < -0.4 is 5.32 Å². The number of hydrogen-bond donors (Lipinski definition) is 1. The van der Waals surface area contributed by atoms with Crippen molar-refractivity contribution < 1.29 is 22.0 Å². The van der Waals surface area contributed by atoms with E-state index < -0.39 is 36.5 Å². The van der Waals surface area contributed by atoms with Crippen molar-refractivity contribution in [2.24, 2.45) is 0 Å². The molecule has 1 aromatic carbocycles. The molecule has 0 saturated heterocycles. The van der Waals surface area contributed by atoms with E-state index in [2.05, 4.69) is 0 Å². The Bertz CT molecular complexity index is 424. The second-order valence-corrected chi connectivity index (χ2v) is 3.22. The van der Waals surface area contributed by atoms with Crippen molar-refractivity contribution in [2.75, 3.05) is 11.9 Å². The topological polar surface area (TPSA) is 35.8 Å². The van der Waals surface area contributed by atoms with Crippen LogP contribution in [0.2, 0.25) is 0 Å². The molecule has 0 saturated carbocycles. The summed E-state index contributed by atoms with van der Waals surface area (Å²) < 4.78 is 61.8. The molecule has 2 nitrogen and oxygen atoms in total. The minimum Gasteiger partial charge on any atom is -0.380 e. The highest BCUT2D eigenvalue weighted by molar-refractivity contribution is 5.50. The molecule has 0 heterocycles. The molecule has 0 amide bonds. The molecular weight excluding hydrogens is 243 g/mol. The van der Waals surface area contributed by atoms with Gasteiger partial charge < -0.3 is 5.32 Å². The number of rotatable bonds is 3. The van der Waals surface area contributed by atoms with Gasteiger partial charge >= 0.3 is 6.18 Å². The molecule has 7 heteroatoms. The van der Waals surface area contributed by atoms with E-state index >= 15 is 0 Å². The van der Waals surface area contributed by atoms with Crippen LogP contribution in [0.15, 0.2) is 12.1 Å². The molecule has 1 aromatic rings. The van der Waals surface area contributed by atoms with Crippen LogP contribution in [0, 0.1) is 23.0 Å². The van der Waals surface area contributed by atoms with Crippen LogP contribution in [0.3, 0.4) is 0 Å². The van der Waals surface area contributed by atoms with Gasteiger partial charge in [-0.25, -0.2) is 8.78 Å². The lowest BCUT2D eigenvalue weighted by molar-refractivity contribution is -0.131. The summed E-state index contributed by atoms with van der Waals surface area (Å²) in [6, 6.07) is 3.03. The quantitative estimate of drug-likeness (QED) is 0.836. The summed E-state index contributed by atoms with van der Waals surface area (Å²) in [6.07, 6.45) is -5.60.